The van der Waals surface area contributed by atoms with Gasteiger partial charge in [0.1, 0.15) is 5.82 Å². The number of carbonyl (C=O) groups is 1. The van der Waals surface area contributed by atoms with Crippen molar-refractivity contribution in [3.63, 3.8) is 0 Å². The highest BCUT2D eigenvalue weighted by atomic mass is 19.3. The highest BCUT2D eigenvalue weighted by molar-refractivity contribution is 5.77. The van der Waals surface area contributed by atoms with E-state index >= 15 is 0 Å². The van der Waals surface area contributed by atoms with Gasteiger partial charge in [-0.25, -0.2) is 9.18 Å². The van der Waals surface area contributed by atoms with Crippen LogP contribution in [0, 0.1) is 5.82 Å². The fraction of sp³-hybridized carbons (Fsp3) is 0.300. The fourth-order valence-electron chi connectivity index (χ4n) is 1.23. The summed E-state index contributed by atoms with van der Waals surface area (Å²) in [4.78, 5) is 10.3. The van der Waals surface area contributed by atoms with E-state index in [1.165, 1.54) is 12.1 Å². The molecule has 3 nitrogen and oxygen atoms in total. The van der Waals surface area contributed by atoms with Gasteiger partial charge in [0.05, 0.1) is 0 Å². The van der Waals surface area contributed by atoms with Crippen LogP contribution in [0.5, 0.6) is 0 Å². The first-order valence-corrected chi connectivity index (χ1v) is 4.30. The Bertz CT molecular complexity index is 416. The summed E-state index contributed by atoms with van der Waals surface area (Å²) in [5, 5.41) is 17.8. The zero-order valence-corrected chi connectivity index (χ0v) is 8.25. The molecule has 0 radical (unpaired) electrons. The van der Waals surface area contributed by atoms with Gasteiger partial charge in [0.25, 0.3) is 0 Å². The summed E-state index contributed by atoms with van der Waals surface area (Å²) >= 11 is 0. The van der Waals surface area contributed by atoms with Crippen molar-refractivity contribution in [1.82, 2.24) is 0 Å². The topological polar surface area (TPSA) is 57.5 Å². The molecule has 2 N–H and O–H groups in total. The zero-order valence-electron chi connectivity index (χ0n) is 8.25. The highest BCUT2D eigenvalue weighted by Crippen LogP contribution is 2.38. The minimum absolute atomic E-state index is 0.555. The predicted molar refractivity (Wildman–Crippen MR) is 48.6 cm³/mol. The number of carboxylic acid groups (broad SMARTS) is 1. The van der Waals surface area contributed by atoms with Crippen molar-refractivity contribution in [1.29, 1.82) is 0 Å². The average Bonchev–Trinajstić information content (AvgIpc) is 2.17. The molecular formula is C10H9F3O3. The van der Waals surface area contributed by atoms with Gasteiger partial charge in [0.2, 0.25) is 0 Å². The molecule has 0 spiro atoms. The third-order valence-electron chi connectivity index (χ3n) is 2.28. The molecule has 0 aliphatic rings. The molecule has 6 heteroatoms. The molecular weight excluding hydrogens is 225 g/mol. The Balaban J connectivity index is 3.32. The maximum Gasteiger partial charge on any atom is 0.378 e. The molecule has 1 rings (SSSR count). The minimum atomic E-state index is -4.48. The van der Waals surface area contributed by atoms with Crippen molar-refractivity contribution >= 4 is 5.97 Å². The maximum absolute atomic E-state index is 13.2. The zero-order chi connectivity index (χ0) is 12.6. The van der Waals surface area contributed by atoms with Gasteiger partial charge in [-0.3, -0.25) is 0 Å². The number of hydrogen-bond acceptors (Lipinski definition) is 2. The molecule has 1 unspecified atom stereocenters. The number of aliphatic carboxylic acids is 1. The second-order valence-corrected chi connectivity index (χ2v) is 3.43. The predicted octanol–water partition coefficient (Wildman–Crippen LogP) is 1.75. The van der Waals surface area contributed by atoms with E-state index < -0.39 is 28.9 Å². The van der Waals surface area contributed by atoms with E-state index in [4.69, 9.17) is 5.11 Å². The third-order valence-corrected chi connectivity index (χ3v) is 2.28. The summed E-state index contributed by atoms with van der Waals surface area (Å²) in [6, 6.07) is 4.24. The monoisotopic (exact) mass is 234 g/mol. The van der Waals surface area contributed by atoms with Gasteiger partial charge in [-0.15, -0.1) is 0 Å². The number of rotatable bonds is 3. The van der Waals surface area contributed by atoms with E-state index in [0.29, 0.717) is 6.92 Å². The van der Waals surface area contributed by atoms with Gasteiger partial charge in [0.15, 0.2) is 5.60 Å². The molecule has 1 aromatic rings. The number of hydrogen-bond donors (Lipinski definition) is 2. The Morgan fingerprint density at radius 2 is 1.81 bits per heavy atom. The summed E-state index contributed by atoms with van der Waals surface area (Å²) in [7, 11) is 0. The second kappa shape index (κ2) is 3.79. The maximum atomic E-state index is 13.2. The van der Waals surface area contributed by atoms with Gasteiger partial charge in [0, 0.05) is 5.56 Å². The molecule has 0 amide bonds. The van der Waals surface area contributed by atoms with E-state index in [1.807, 2.05) is 0 Å². The Kier molecular flexibility index (Phi) is 2.96. The van der Waals surface area contributed by atoms with Crippen LogP contribution in [0.2, 0.25) is 0 Å². The van der Waals surface area contributed by atoms with Crippen LogP contribution in [0.25, 0.3) is 0 Å². The van der Waals surface area contributed by atoms with E-state index in [0.717, 1.165) is 12.1 Å². The standard InChI is InChI=1S/C10H9F3O3/c1-9(16,10(12,13)8(14)15)6-4-2-3-5-7(6)11/h2-5,16H,1H3,(H,14,15). The number of halogens is 3. The molecule has 88 valence electrons. The van der Waals surface area contributed by atoms with Gasteiger partial charge < -0.3 is 10.2 Å². The molecule has 0 aromatic heterocycles. The van der Waals surface area contributed by atoms with E-state index in [9.17, 15) is 23.1 Å². The number of aliphatic hydroxyl groups is 1. The van der Waals surface area contributed by atoms with Crippen LogP contribution < -0.4 is 0 Å². The molecule has 0 fully saturated rings. The summed E-state index contributed by atoms with van der Waals surface area (Å²) in [5.74, 6) is -8.08. The Labute approximate surface area is 89.1 Å². The second-order valence-electron chi connectivity index (χ2n) is 3.43. The van der Waals surface area contributed by atoms with E-state index in [1.54, 1.807) is 0 Å². The minimum Gasteiger partial charge on any atom is -0.477 e. The van der Waals surface area contributed by atoms with Crippen LogP contribution in [0.3, 0.4) is 0 Å². The molecule has 0 bridgehead atoms. The Morgan fingerprint density at radius 3 is 2.25 bits per heavy atom. The number of benzene rings is 1. The van der Waals surface area contributed by atoms with Crippen LogP contribution >= 0.6 is 0 Å². The van der Waals surface area contributed by atoms with Gasteiger partial charge >= 0.3 is 11.9 Å². The molecule has 1 atom stereocenters. The first-order chi connectivity index (χ1) is 7.21. The average molecular weight is 234 g/mol. The van der Waals surface area contributed by atoms with Crippen LogP contribution in [0.15, 0.2) is 24.3 Å². The van der Waals surface area contributed by atoms with Gasteiger partial charge in [-0.05, 0) is 13.0 Å². The Morgan fingerprint density at radius 1 is 1.31 bits per heavy atom. The molecule has 0 aliphatic carbocycles. The van der Waals surface area contributed by atoms with Crippen molar-refractivity contribution in [2.45, 2.75) is 18.4 Å². The SMILES string of the molecule is CC(O)(c1ccccc1F)C(F)(F)C(=O)O. The molecule has 0 aliphatic heterocycles. The normalized spacial score (nSPS) is 15.6. The Hall–Kier alpha value is -1.56. The van der Waals surface area contributed by atoms with Crippen molar-refractivity contribution < 1.29 is 28.2 Å². The largest absolute Gasteiger partial charge is 0.477 e. The highest BCUT2D eigenvalue weighted by Gasteiger charge is 2.57. The first-order valence-electron chi connectivity index (χ1n) is 4.30. The number of carboxylic acids is 1. The third kappa shape index (κ3) is 1.76. The molecule has 16 heavy (non-hydrogen) atoms. The van der Waals surface area contributed by atoms with E-state index in [2.05, 4.69) is 0 Å². The molecule has 1 aromatic carbocycles. The summed E-state index contributed by atoms with van der Waals surface area (Å²) in [6.45, 7) is 0.555. The van der Waals surface area contributed by atoms with Crippen LogP contribution in [0.4, 0.5) is 13.2 Å². The van der Waals surface area contributed by atoms with Crippen molar-refractivity contribution in [2.24, 2.45) is 0 Å². The lowest BCUT2D eigenvalue weighted by Gasteiger charge is -2.29. The van der Waals surface area contributed by atoms with Crippen molar-refractivity contribution in [2.75, 3.05) is 0 Å². The van der Waals surface area contributed by atoms with Gasteiger partial charge in [-0.1, -0.05) is 18.2 Å². The lowest BCUT2D eigenvalue weighted by atomic mass is 9.89. The molecule has 0 heterocycles. The first kappa shape index (κ1) is 12.5. The summed E-state index contributed by atoms with van der Waals surface area (Å²) in [5.41, 5.74) is -3.87. The smallest absolute Gasteiger partial charge is 0.378 e. The summed E-state index contributed by atoms with van der Waals surface area (Å²) in [6.07, 6.45) is 0. The van der Waals surface area contributed by atoms with Crippen molar-refractivity contribution in [3.8, 4) is 0 Å². The van der Waals surface area contributed by atoms with Gasteiger partial charge in [-0.2, -0.15) is 8.78 Å². The van der Waals surface area contributed by atoms with E-state index in [-0.39, 0.29) is 0 Å². The lowest BCUT2D eigenvalue weighted by Crippen LogP contribution is -2.49. The van der Waals surface area contributed by atoms with Crippen LogP contribution in [0.1, 0.15) is 12.5 Å². The van der Waals surface area contributed by atoms with Crippen LogP contribution in [-0.4, -0.2) is 22.1 Å². The van der Waals surface area contributed by atoms with Crippen molar-refractivity contribution in [3.05, 3.63) is 35.6 Å². The fourth-order valence-corrected chi connectivity index (χ4v) is 1.23. The molecule has 0 saturated heterocycles. The summed E-state index contributed by atoms with van der Waals surface area (Å²) < 4.78 is 39.5. The van der Waals surface area contributed by atoms with Crippen LogP contribution in [-0.2, 0) is 10.4 Å². The molecule has 0 saturated carbocycles. The number of alkyl halides is 2. The lowest BCUT2D eigenvalue weighted by molar-refractivity contribution is -0.207. The quantitative estimate of drug-likeness (QED) is 0.837.